The monoisotopic (exact) mass is 445 g/mol. The molecule has 0 bridgehead atoms. The number of rotatable bonds is 2. The minimum Gasteiger partial charge on any atom is -0.373 e. The van der Waals surface area contributed by atoms with Gasteiger partial charge in [0, 0.05) is 6.21 Å². The van der Waals surface area contributed by atoms with E-state index in [1.54, 1.807) is 5.57 Å². The Morgan fingerprint density at radius 1 is 1.00 bits per heavy atom. The molecule has 0 radical (unpaired) electrons. The van der Waals surface area contributed by atoms with Gasteiger partial charge in [0.25, 0.3) is 0 Å². The molecule has 0 amide bonds. The lowest BCUT2D eigenvalue weighted by molar-refractivity contribution is -0.148. The third kappa shape index (κ3) is 3.49. The molecule has 1 aliphatic heterocycles. The lowest BCUT2D eigenvalue weighted by Crippen LogP contribution is -2.54. The predicted molar refractivity (Wildman–Crippen MR) is 137 cm³/mol. The first-order valence-corrected chi connectivity index (χ1v) is 13.7. The topological polar surface area (TPSA) is 21.6 Å². The molecule has 33 heavy (non-hydrogen) atoms. The Morgan fingerprint density at radius 3 is 2.67 bits per heavy atom. The molecule has 178 valence electrons. The van der Waals surface area contributed by atoms with Gasteiger partial charge in [-0.05, 0) is 135 Å². The van der Waals surface area contributed by atoms with Crippen LogP contribution in [0.5, 0.6) is 0 Å². The van der Waals surface area contributed by atoms with Gasteiger partial charge >= 0.3 is 0 Å². The number of fused-ring (bicyclic) bond motifs is 6. The van der Waals surface area contributed by atoms with Gasteiger partial charge in [0.1, 0.15) is 0 Å². The summed E-state index contributed by atoms with van der Waals surface area (Å²) < 4.78 is 6.47. The average Bonchev–Trinajstić information content (AvgIpc) is 3.36. The van der Waals surface area contributed by atoms with Gasteiger partial charge in [-0.2, -0.15) is 0 Å². The van der Waals surface area contributed by atoms with E-state index >= 15 is 0 Å². The van der Waals surface area contributed by atoms with Crippen LogP contribution in [0.1, 0.15) is 103 Å². The molecule has 5 aliphatic rings. The van der Waals surface area contributed by atoms with Crippen LogP contribution in [0.25, 0.3) is 5.57 Å². The van der Waals surface area contributed by atoms with Crippen molar-refractivity contribution in [1.82, 2.24) is 0 Å². The number of allylic oxidation sites excluding steroid dienone is 2. The summed E-state index contributed by atoms with van der Waals surface area (Å²) in [7, 11) is 0. The Morgan fingerprint density at radius 2 is 1.85 bits per heavy atom. The second kappa shape index (κ2) is 7.54. The van der Waals surface area contributed by atoms with Gasteiger partial charge in [0.15, 0.2) is 0 Å². The first-order valence-electron chi connectivity index (χ1n) is 13.7. The Hall–Kier alpha value is -1.41. The molecule has 0 N–H and O–H groups in total. The van der Waals surface area contributed by atoms with Gasteiger partial charge in [0.05, 0.1) is 18.2 Å². The molecule has 3 saturated carbocycles. The highest BCUT2D eigenvalue weighted by Crippen LogP contribution is 2.67. The van der Waals surface area contributed by atoms with Crippen molar-refractivity contribution in [3.8, 4) is 0 Å². The van der Waals surface area contributed by atoms with E-state index in [9.17, 15) is 0 Å². The van der Waals surface area contributed by atoms with E-state index in [0.717, 1.165) is 30.2 Å². The molecule has 0 spiro atoms. The molecule has 6 rings (SSSR count). The molecule has 1 heterocycles. The van der Waals surface area contributed by atoms with Gasteiger partial charge in [-0.15, -0.1) is 0 Å². The second-order valence-electron chi connectivity index (χ2n) is 13.5. The van der Waals surface area contributed by atoms with E-state index in [0.29, 0.717) is 16.9 Å². The average molecular weight is 446 g/mol. The third-order valence-electron chi connectivity index (χ3n) is 10.7. The molecule has 0 aromatic heterocycles. The summed E-state index contributed by atoms with van der Waals surface area (Å²) >= 11 is 0. The van der Waals surface area contributed by atoms with E-state index < -0.39 is 0 Å². The van der Waals surface area contributed by atoms with Crippen LogP contribution in [0.3, 0.4) is 0 Å². The van der Waals surface area contributed by atoms with Gasteiger partial charge in [-0.1, -0.05) is 32.1 Å². The molecule has 2 nitrogen and oxygen atoms in total. The molecule has 7 atom stereocenters. The van der Waals surface area contributed by atoms with Crippen molar-refractivity contribution in [2.24, 2.45) is 39.5 Å². The van der Waals surface area contributed by atoms with Crippen molar-refractivity contribution in [1.29, 1.82) is 0 Å². The number of aliphatic imine (C=N–C) groups is 1. The van der Waals surface area contributed by atoms with E-state index in [1.165, 1.54) is 68.1 Å². The van der Waals surface area contributed by atoms with Gasteiger partial charge in [-0.3, -0.25) is 4.99 Å². The Balaban J connectivity index is 1.22. The highest BCUT2D eigenvalue weighted by atomic mass is 16.5. The Bertz CT molecular complexity index is 999. The molecule has 1 aromatic carbocycles. The van der Waals surface area contributed by atoms with Crippen LogP contribution >= 0.6 is 0 Å². The molecular formula is C31H43NO. The lowest BCUT2D eigenvalue weighted by Gasteiger charge is -2.61. The number of nitrogens with zero attached hydrogens (tertiary/aromatic N) is 1. The summed E-state index contributed by atoms with van der Waals surface area (Å²) in [6.07, 6.45) is 16.0. The number of ether oxygens (including phenoxy) is 1. The fraction of sp³-hybridized carbons (Fsp3) is 0.710. The first kappa shape index (κ1) is 22.1. The normalized spacial score (nSPS) is 41.7. The van der Waals surface area contributed by atoms with E-state index in [1.807, 2.05) is 6.21 Å². The fourth-order valence-corrected chi connectivity index (χ4v) is 9.12. The smallest absolute Gasteiger partial charge is 0.0646 e. The quantitative estimate of drug-likeness (QED) is 0.454. The highest BCUT2D eigenvalue weighted by molar-refractivity contribution is 5.86. The highest BCUT2D eigenvalue weighted by Gasteiger charge is 2.58. The number of hydrogen-bond donors (Lipinski definition) is 0. The molecular weight excluding hydrogens is 402 g/mol. The summed E-state index contributed by atoms with van der Waals surface area (Å²) in [6.45, 7) is 12.8. The zero-order valence-corrected chi connectivity index (χ0v) is 21.5. The van der Waals surface area contributed by atoms with Crippen LogP contribution in [-0.2, 0) is 11.3 Å². The van der Waals surface area contributed by atoms with E-state index in [4.69, 9.17) is 4.74 Å². The minimum absolute atomic E-state index is 0.0160. The maximum Gasteiger partial charge on any atom is 0.0646 e. The van der Waals surface area contributed by atoms with Crippen LogP contribution in [-0.4, -0.2) is 17.9 Å². The molecule has 1 aromatic rings. The maximum atomic E-state index is 6.47. The van der Waals surface area contributed by atoms with Crippen molar-refractivity contribution < 1.29 is 4.74 Å². The summed E-state index contributed by atoms with van der Waals surface area (Å²) in [6, 6.07) is 7.12. The third-order valence-corrected chi connectivity index (χ3v) is 10.7. The molecule has 2 heteroatoms. The van der Waals surface area contributed by atoms with Crippen LogP contribution in [0.4, 0.5) is 0 Å². The Kier molecular flexibility index (Phi) is 5.05. The lowest BCUT2D eigenvalue weighted by atomic mass is 9.44. The van der Waals surface area contributed by atoms with Gasteiger partial charge in [-0.25, -0.2) is 0 Å². The molecule has 3 fully saturated rings. The Labute approximate surface area is 201 Å². The van der Waals surface area contributed by atoms with Crippen molar-refractivity contribution in [3.05, 3.63) is 41.0 Å². The van der Waals surface area contributed by atoms with Gasteiger partial charge in [0.2, 0.25) is 0 Å². The van der Waals surface area contributed by atoms with Crippen molar-refractivity contribution in [3.63, 3.8) is 0 Å². The largest absolute Gasteiger partial charge is 0.373 e. The van der Waals surface area contributed by atoms with Crippen LogP contribution in [0, 0.1) is 34.5 Å². The van der Waals surface area contributed by atoms with Gasteiger partial charge < -0.3 is 4.74 Å². The molecule has 4 aliphatic carbocycles. The molecule has 0 unspecified atom stereocenters. The maximum absolute atomic E-state index is 6.47. The zero-order valence-electron chi connectivity index (χ0n) is 21.5. The van der Waals surface area contributed by atoms with Crippen LogP contribution < -0.4 is 0 Å². The van der Waals surface area contributed by atoms with E-state index in [-0.39, 0.29) is 5.60 Å². The predicted octanol–water partition coefficient (Wildman–Crippen LogP) is 7.84. The van der Waals surface area contributed by atoms with Crippen LogP contribution in [0.15, 0.2) is 29.3 Å². The van der Waals surface area contributed by atoms with E-state index in [2.05, 4.69) is 63.9 Å². The fourth-order valence-electron chi connectivity index (χ4n) is 9.12. The number of benzene rings is 1. The first-order chi connectivity index (χ1) is 15.7. The summed E-state index contributed by atoms with van der Waals surface area (Å²) in [5, 5.41) is 0. The zero-order chi connectivity index (χ0) is 23.0. The standard InChI is InChI=1S/C31H43NO/c1-29(2,3)33-24-12-14-30(4)23(17-24)8-9-25-27-11-10-26(31(27,5)15-13-28(25)30)20-6-7-21-18-32-19-22(21)16-20/h6-7,10,16,18,23-25,27-28H,8-9,11-15,17,19H2,1-5H3/t23-,24-,25-,27-,28-,30-,31+/m0/s1. The van der Waals surface area contributed by atoms with Crippen molar-refractivity contribution in [2.45, 2.75) is 104 Å². The minimum atomic E-state index is -0.0160. The SMILES string of the molecule is CC(C)(C)O[C@H]1CC[C@@]2(C)[C@@H](CC[C@@H]3[C@@H]2CC[C@]2(C)C(c4ccc5c(c4)CN=C5)=CC[C@@H]32)C1. The second-order valence-corrected chi connectivity index (χ2v) is 13.5. The molecule has 0 saturated heterocycles. The summed E-state index contributed by atoms with van der Waals surface area (Å²) in [4.78, 5) is 4.49. The number of hydrogen-bond acceptors (Lipinski definition) is 2. The summed E-state index contributed by atoms with van der Waals surface area (Å²) in [5.74, 6) is 3.49. The van der Waals surface area contributed by atoms with Crippen molar-refractivity contribution >= 4 is 11.8 Å². The summed E-state index contributed by atoms with van der Waals surface area (Å²) in [5.41, 5.74) is 6.71. The van der Waals surface area contributed by atoms with Crippen molar-refractivity contribution in [2.75, 3.05) is 0 Å². The van der Waals surface area contributed by atoms with Crippen LogP contribution in [0.2, 0.25) is 0 Å².